The summed E-state index contributed by atoms with van der Waals surface area (Å²) in [6.45, 7) is 17.8. The number of hydrogen-bond donors (Lipinski definition) is 0. The van der Waals surface area contributed by atoms with Crippen molar-refractivity contribution < 1.29 is 4.74 Å². The maximum absolute atomic E-state index is 5.68. The predicted molar refractivity (Wildman–Crippen MR) is 140 cm³/mol. The molecule has 31 heavy (non-hydrogen) atoms. The monoisotopic (exact) mass is 426 g/mol. The lowest BCUT2D eigenvalue weighted by atomic mass is 10.0. The molecule has 1 nitrogen and oxygen atoms in total. The summed E-state index contributed by atoms with van der Waals surface area (Å²) in [7, 11) is 0. The fourth-order valence-corrected chi connectivity index (χ4v) is 3.85. The summed E-state index contributed by atoms with van der Waals surface area (Å²) in [6.07, 6.45) is 24.3. The Kier molecular flexibility index (Phi) is 13.1. The van der Waals surface area contributed by atoms with E-state index in [9.17, 15) is 0 Å². The van der Waals surface area contributed by atoms with Gasteiger partial charge in [0.15, 0.2) is 0 Å². The Labute approximate surface area is 194 Å². The summed E-state index contributed by atoms with van der Waals surface area (Å²) in [5, 5.41) is 0. The molecule has 0 saturated carbocycles. The number of unbranched alkanes of at least 4 members (excludes halogenated alkanes) is 1. The van der Waals surface area contributed by atoms with Crippen LogP contribution in [-0.4, -0.2) is 11.7 Å². The van der Waals surface area contributed by atoms with Crippen LogP contribution in [0.1, 0.15) is 120 Å². The van der Waals surface area contributed by atoms with Crippen LogP contribution in [0.2, 0.25) is 0 Å². The predicted octanol–water partition coefficient (Wildman–Crippen LogP) is 9.82. The Morgan fingerprint density at radius 2 is 0.935 bits per heavy atom. The Morgan fingerprint density at radius 3 is 1.32 bits per heavy atom. The molecular formula is C30H50O. The molecule has 0 bridgehead atoms. The highest BCUT2D eigenvalue weighted by Gasteiger charge is 2.46. The van der Waals surface area contributed by atoms with E-state index in [1.54, 1.807) is 0 Å². The Bertz CT molecular complexity index is 677. The lowest BCUT2D eigenvalue weighted by molar-refractivity contribution is 0.320. The van der Waals surface area contributed by atoms with Crippen molar-refractivity contribution in [1.29, 1.82) is 0 Å². The van der Waals surface area contributed by atoms with Crippen molar-refractivity contribution >= 4 is 0 Å². The lowest BCUT2D eigenvalue weighted by Gasteiger charge is -2.03. The molecule has 1 heterocycles. The summed E-state index contributed by atoms with van der Waals surface area (Å²) >= 11 is 0. The molecule has 0 spiro atoms. The zero-order chi connectivity index (χ0) is 23.3. The van der Waals surface area contributed by atoms with Crippen LogP contribution < -0.4 is 0 Å². The van der Waals surface area contributed by atoms with Crippen molar-refractivity contribution in [3.05, 3.63) is 58.2 Å². The van der Waals surface area contributed by atoms with Crippen molar-refractivity contribution in [2.75, 3.05) is 0 Å². The van der Waals surface area contributed by atoms with Crippen molar-refractivity contribution in [3.8, 4) is 0 Å². The SMILES string of the molecule is CC(C)=CCC/C=C(\C)CC/C=C(\C)CC/C=C(\C)CC/C=C(\C)CCC1OC1(C)C. The van der Waals surface area contributed by atoms with Crippen molar-refractivity contribution in [2.24, 2.45) is 0 Å². The normalized spacial score (nSPS) is 19.5. The van der Waals surface area contributed by atoms with Gasteiger partial charge in [0.2, 0.25) is 0 Å². The van der Waals surface area contributed by atoms with E-state index in [-0.39, 0.29) is 5.60 Å². The minimum Gasteiger partial charge on any atom is -0.367 e. The molecule has 0 aromatic rings. The molecule has 0 N–H and O–H groups in total. The Hall–Kier alpha value is -1.34. The molecule has 0 amide bonds. The largest absolute Gasteiger partial charge is 0.367 e. The zero-order valence-corrected chi connectivity index (χ0v) is 21.9. The van der Waals surface area contributed by atoms with Gasteiger partial charge < -0.3 is 4.74 Å². The van der Waals surface area contributed by atoms with Crippen LogP contribution in [0.5, 0.6) is 0 Å². The lowest BCUT2D eigenvalue weighted by Crippen LogP contribution is -2.02. The van der Waals surface area contributed by atoms with Gasteiger partial charge in [-0.05, 0) is 120 Å². The minimum atomic E-state index is 0.132. The van der Waals surface area contributed by atoms with E-state index in [0.29, 0.717) is 6.10 Å². The smallest absolute Gasteiger partial charge is 0.0892 e. The van der Waals surface area contributed by atoms with Gasteiger partial charge in [0.05, 0.1) is 11.7 Å². The first-order valence-corrected chi connectivity index (χ1v) is 12.5. The molecule has 0 aliphatic carbocycles. The molecule has 1 rings (SSSR count). The summed E-state index contributed by atoms with van der Waals surface area (Å²) in [6, 6.07) is 0. The van der Waals surface area contributed by atoms with Gasteiger partial charge in [-0.2, -0.15) is 0 Å². The molecule has 176 valence electrons. The zero-order valence-electron chi connectivity index (χ0n) is 21.9. The van der Waals surface area contributed by atoms with Crippen LogP contribution >= 0.6 is 0 Å². The van der Waals surface area contributed by atoms with E-state index in [4.69, 9.17) is 4.74 Å². The van der Waals surface area contributed by atoms with Crippen LogP contribution in [0.15, 0.2) is 58.2 Å². The summed E-state index contributed by atoms with van der Waals surface area (Å²) in [5.74, 6) is 0. The standard InChI is InChI=1S/C30H50O/c1-24(2)14-9-10-15-25(3)16-11-17-26(4)18-12-19-27(5)20-13-21-28(6)22-23-29-30(7,8)31-29/h14-15,17,19,21,29H,9-13,16,18,20,22-23H2,1-8H3/b25-15+,26-17+,27-19+,28-21+. The molecule has 1 heteroatoms. The second kappa shape index (κ2) is 14.7. The number of allylic oxidation sites excluding steroid dienone is 10. The van der Waals surface area contributed by atoms with Gasteiger partial charge in [-0.1, -0.05) is 58.2 Å². The van der Waals surface area contributed by atoms with Gasteiger partial charge in [0.25, 0.3) is 0 Å². The second-order valence-electron chi connectivity index (χ2n) is 10.4. The third-order valence-corrected chi connectivity index (χ3v) is 6.27. The van der Waals surface area contributed by atoms with Gasteiger partial charge in [-0.15, -0.1) is 0 Å². The molecular weight excluding hydrogens is 376 g/mol. The van der Waals surface area contributed by atoms with Crippen LogP contribution in [0.3, 0.4) is 0 Å². The van der Waals surface area contributed by atoms with Crippen molar-refractivity contribution in [3.63, 3.8) is 0 Å². The summed E-state index contributed by atoms with van der Waals surface area (Å²) < 4.78 is 5.68. The fraction of sp³-hybridized carbons (Fsp3) is 0.667. The van der Waals surface area contributed by atoms with Gasteiger partial charge in [0.1, 0.15) is 0 Å². The van der Waals surface area contributed by atoms with E-state index < -0.39 is 0 Å². The molecule has 0 radical (unpaired) electrons. The Balaban J connectivity index is 2.16. The second-order valence-corrected chi connectivity index (χ2v) is 10.4. The van der Waals surface area contributed by atoms with Crippen LogP contribution in [0.4, 0.5) is 0 Å². The molecule has 0 aromatic heterocycles. The Morgan fingerprint density at radius 1 is 0.581 bits per heavy atom. The van der Waals surface area contributed by atoms with Crippen molar-refractivity contribution in [2.45, 2.75) is 131 Å². The molecule has 0 aromatic carbocycles. The average Bonchev–Trinajstić information content (AvgIpc) is 3.30. The average molecular weight is 427 g/mol. The van der Waals surface area contributed by atoms with Crippen LogP contribution in [0, 0.1) is 0 Å². The maximum atomic E-state index is 5.68. The first-order chi connectivity index (χ1) is 14.6. The highest BCUT2D eigenvalue weighted by atomic mass is 16.6. The number of epoxide rings is 1. The molecule has 1 fully saturated rings. The number of rotatable bonds is 15. The molecule has 1 aliphatic rings. The first-order valence-electron chi connectivity index (χ1n) is 12.5. The highest BCUT2D eigenvalue weighted by Crippen LogP contribution is 2.38. The molecule has 1 unspecified atom stereocenters. The summed E-state index contributed by atoms with van der Waals surface area (Å²) in [5.41, 5.74) is 7.65. The van der Waals surface area contributed by atoms with Gasteiger partial charge in [-0.3, -0.25) is 0 Å². The number of ether oxygens (including phenoxy) is 1. The van der Waals surface area contributed by atoms with Gasteiger partial charge in [-0.25, -0.2) is 0 Å². The highest BCUT2D eigenvalue weighted by molar-refractivity contribution is 5.08. The first kappa shape index (κ1) is 27.7. The van der Waals surface area contributed by atoms with Crippen LogP contribution in [0.25, 0.3) is 0 Å². The number of hydrogen-bond acceptors (Lipinski definition) is 1. The van der Waals surface area contributed by atoms with Crippen molar-refractivity contribution in [1.82, 2.24) is 0 Å². The quantitative estimate of drug-likeness (QED) is 0.144. The van der Waals surface area contributed by atoms with E-state index in [1.165, 1.54) is 85.7 Å². The van der Waals surface area contributed by atoms with Crippen LogP contribution in [-0.2, 0) is 4.74 Å². The van der Waals surface area contributed by atoms with E-state index in [1.807, 2.05) is 0 Å². The fourth-order valence-electron chi connectivity index (χ4n) is 3.85. The van der Waals surface area contributed by atoms with Gasteiger partial charge in [0, 0.05) is 0 Å². The maximum Gasteiger partial charge on any atom is 0.0892 e. The minimum absolute atomic E-state index is 0.132. The summed E-state index contributed by atoms with van der Waals surface area (Å²) in [4.78, 5) is 0. The van der Waals surface area contributed by atoms with Gasteiger partial charge >= 0.3 is 0 Å². The van der Waals surface area contributed by atoms with E-state index in [2.05, 4.69) is 85.8 Å². The molecule has 1 aliphatic heterocycles. The molecule has 1 atom stereocenters. The third-order valence-electron chi connectivity index (χ3n) is 6.27. The van der Waals surface area contributed by atoms with E-state index in [0.717, 1.165) is 6.42 Å². The molecule has 1 saturated heterocycles. The van der Waals surface area contributed by atoms with E-state index >= 15 is 0 Å². The third kappa shape index (κ3) is 14.4. The topological polar surface area (TPSA) is 12.5 Å².